The van der Waals surface area contributed by atoms with Gasteiger partial charge in [-0.05, 0) is 13.8 Å². The molecule has 0 bridgehead atoms. The zero-order valence-electron chi connectivity index (χ0n) is 11.3. The minimum atomic E-state index is -1.32. The van der Waals surface area contributed by atoms with Crippen LogP contribution in [-0.2, 0) is 14.4 Å². The number of aliphatic hydroxyl groups excluding tert-OH is 1. The zero-order chi connectivity index (χ0) is 15.4. The second kappa shape index (κ2) is 6.33. The number of carbonyl (C=O) groups is 4. The summed E-state index contributed by atoms with van der Waals surface area (Å²) in [6.45, 7) is 3.62. The standard InChI is InChI=1S/C11H18N4O5/c1-3-14-4-5-15(10(19)9(14)18)11(20)13-7(6(2)16)8(12)17/h6-7,16H,3-5H2,1-2H3,(H2,12,17)(H,13,20)/t6-,7?/m0/s1. The van der Waals surface area contributed by atoms with E-state index in [0.717, 1.165) is 0 Å². The van der Waals surface area contributed by atoms with Crippen LogP contribution >= 0.6 is 0 Å². The fraction of sp³-hybridized carbons (Fsp3) is 0.636. The summed E-state index contributed by atoms with van der Waals surface area (Å²) in [4.78, 5) is 48.3. The maximum Gasteiger partial charge on any atom is 0.325 e. The van der Waals surface area contributed by atoms with Crippen LogP contribution in [0.3, 0.4) is 0 Å². The van der Waals surface area contributed by atoms with E-state index in [2.05, 4.69) is 5.32 Å². The third-order valence-electron chi connectivity index (χ3n) is 3.00. The van der Waals surface area contributed by atoms with Crippen LogP contribution < -0.4 is 11.1 Å². The van der Waals surface area contributed by atoms with E-state index in [1.807, 2.05) is 0 Å². The van der Waals surface area contributed by atoms with Crippen LogP contribution in [-0.4, -0.2) is 70.4 Å². The lowest BCUT2D eigenvalue weighted by Crippen LogP contribution is -2.61. The van der Waals surface area contributed by atoms with Gasteiger partial charge in [-0.1, -0.05) is 0 Å². The smallest absolute Gasteiger partial charge is 0.325 e. The van der Waals surface area contributed by atoms with Crippen molar-refractivity contribution in [3.8, 4) is 0 Å². The number of hydrogen-bond acceptors (Lipinski definition) is 5. The molecule has 20 heavy (non-hydrogen) atoms. The van der Waals surface area contributed by atoms with Crippen LogP contribution in [0.5, 0.6) is 0 Å². The third-order valence-corrected chi connectivity index (χ3v) is 3.00. The molecular weight excluding hydrogens is 268 g/mol. The molecule has 0 saturated carbocycles. The van der Waals surface area contributed by atoms with Crippen LogP contribution in [0.25, 0.3) is 0 Å². The summed E-state index contributed by atoms with van der Waals surface area (Å²) >= 11 is 0. The number of rotatable bonds is 4. The molecular formula is C11H18N4O5. The normalized spacial score (nSPS) is 18.8. The first-order valence-electron chi connectivity index (χ1n) is 6.18. The SMILES string of the molecule is CCN1CCN(C(=O)NC(C(N)=O)[C@H](C)O)C(=O)C1=O. The van der Waals surface area contributed by atoms with Gasteiger partial charge in [0, 0.05) is 19.6 Å². The number of likely N-dealkylation sites (N-methyl/N-ethyl adjacent to an activating group) is 1. The lowest BCUT2D eigenvalue weighted by molar-refractivity contribution is -0.153. The van der Waals surface area contributed by atoms with Gasteiger partial charge in [0.1, 0.15) is 6.04 Å². The molecule has 1 fully saturated rings. The molecule has 2 atom stereocenters. The van der Waals surface area contributed by atoms with E-state index >= 15 is 0 Å². The summed E-state index contributed by atoms with van der Waals surface area (Å²) in [5, 5.41) is 11.5. The van der Waals surface area contributed by atoms with Crippen molar-refractivity contribution in [1.29, 1.82) is 0 Å². The molecule has 0 aliphatic carbocycles. The number of nitrogens with one attached hydrogen (secondary N) is 1. The van der Waals surface area contributed by atoms with E-state index < -0.39 is 35.9 Å². The maximum atomic E-state index is 11.9. The molecule has 1 unspecified atom stereocenters. The molecule has 5 amide bonds. The lowest BCUT2D eigenvalue weighted by Gasteiger charge is -2.32. The Morgan fingerprint density at radius 2 is 1.95 bits per heavy atom. The Labute approximate surface area is 115 Å². The number of primary amides is 1. The minimum Gasteiger partial charge on any atom is -0.391 e. The summed E-state index contributed by atoms with van der Waals surface area (Å²) < 4.78 is 0. The van der Waals surface area contributed by atoms with E-state index in [1.165, 1.54) is 11.8 Å². The number of nitrogens with zero attached hydrogens (tertiary/aromatic N) is 2. The first-order chi connectivity index (χ1) is 9.29. The second-order valence-corrected chi connectivity index (χ2v) is 4.41. The minimum absolute atomic E-state index is 0.0234. The van der Waals surface area contributed by atoms with Gasteiger partial charge < -0.3 is 21.1 Å². The number of aliphatic hydroxyl groups is 1. The molecule has 0 aromatic heterocycles. The van der Waals surface area contributed by atoms with Crippen LogP contribution in [0.4, 0.5) is 4.79 Å². The quantitative estimate of drug-likeness (QED) is 0.496. The predicted molar refractivity (Wildman–Crippen MR) is 67.2 cm³/mol. The average molecular weight is 286 g/mol. The van der Waals surface area contributed by atoms with Crippen molar-refractivity contribution in [1.82, 2.24) is 15.1 Å². The van der Waals surface area contributed by atoms with Gasteiger partial charge in [0.2, 0.25) is 5.91 Å². The summed E-state index contributed by atoms with van der Waals surface area (Å²) in [5.41, 5.74) is 5.03. The molecule has 9 heteroatoms. The van der Waals surface area contributed by atoms with Gasteiger partial charge in [-0.3, -0.25) is 19.3 Å². The first-order valence-corrected chi connectivity index (χ1v) is 6.18. The average Bonchev–Trinajstić information content (AvgIpc) is 2.38. The van der Waals surface area contributed by atoms with Crippen molar-refractivity contribution in [3.05, 3.63) is 0 Å². The van der Waals surface area contributed by atoms with Crippen molar-refractivity contribution in [2.75, 3.05) is 19.6 Å². The third kappa shape index (κ3) is 3.23. The van der Waals surface area contributed by atoms with E-state index in [4.69, 9.17) is 5.73 Å². The molecule has 1 heterocycles. The molecule has 112 valence electrons. The largest absolute Gasteiger partial charge is 0.391 e. The topological polar surface area (TPSA) is 133 Å². The van der Waals surface area contributed by atoms with Gasteiger partial charge in [0.05, 0.1) is 6.10 Å². The van der Waals surface area contributed by atoms with Crippen molar-refractivity contribution < 1.29 is 24.3 Å². The fourth-order valence-corrected chi connectivity index (χ4v) is 1.81. The van der Waals surface area contributed by atoms with Gasteiger partial charge >= 0.3 is 17.8 Å². The number of hydrogen-bond donors (Lipinski definition) is 3. The Balaban J connectivity index is 2.76. The monoisotopic (exact) mass is 286 g/mol. The highest BCUT2D eigenvalue weighted by Crippen LogP contribution is 2.06. The summed E-state index contributed by atoms with van der Waals surface area (Å²) in [6, 6.07) is -2.25. The summed E-state index contributed by atoms with van der Waals surface area (Å²) in [6.07, 6.45) is -1.21. The van der Waals surface area contributed by atoms with Crippen molar-refractivity contribution in [2.45, 2.75) is 26.0 Å². The van der Waals surface area contributed by atoms with E-state index in [0.29, 0.717) is 11.4 Å². The summed E-state index contributed by atoms with van der Waals surface area (Å²) in [5.74, 6) is -2.68. The number of urea groups is 1. The van der Waals surface area contributed by atoms with Crippen molar-refractivity contribution in [2.24, 2.45) is 5.73 Å². The molecule has 1 saturated heterocycles. The van der Waals surface area contributed by atoms with Crippen molar-refractivity contribution in [3.63, 3.8) is 0 Å². The number of imide groups is 1. The van der Waals surface area contributed by atoms with Gasteiger partial charge in [0.25, 0.3) is 0 Å². The lowest BCUT2D eigenvalue weighted by atomic mass is 10.2. The molecule has 1 rings (SSSR count). The molecule has 4 N–H and O–H groups in total. The van der Waals surface area contributed by atoms with Gasteiger partial charge in [0.15, 0.2) is 0 Å². The Morgan fingerprint density at radius 3 is 2.40 bits per heavy atom. The fourth-order valence-electron chi connectivity index (χ4n) is 1.81. The first kappa shape index (κ1) is 15.9. The number of carbonyl (C=O) groups excluding carboxylic acids is 4. The van der Waals surface area contributed by atoms with E-state index in [1.54, 1.807) is 6.92 Å². The van der Waals surface area contributed by atoms with Crippen LogP contribution in [0.2, 0.25) is 0 Å². The number of piperazine rings is 1. The van der Waals surface area contributed by atoms with Crippen LogP contribution in [0, 0.1) is 0 Å². The second-order valence-electron chi connectivity index (χ2n) is 4.41. The predicted octanol–water partition coefficient (Wildman–Crippen LogP) is -2.38. The van der Waals surface area contributed by atoms with Gasteiger partial charge in [-0.25, -0.2) is 4.79 Å². The maximum absolute atomic E-state index is 11.9. The highest BCUT2D eigenvalue weighted by atomic mass is 16.3. The molecule has 1 aliphatic rings. The zero-order valence-corrected chi connectivity index (χ0v) is 11.3. The Hall–Kier alpha value is -2.16. The number of amides is 5. The molecule has 9 nitrogen and oxygen atoms in total. The van der Waals surface area contributed by atoms with E-state index in [9.17, 15) is 24.3 Å². The Kier molecular flexibility index (Phi) is 5.03. The molecule has 1 aliphatic heterocycles. The molecule has 0 spiro atoms. The molecule has 0 aromatic rings. The Bertz CT molecular complexity index is 437. The molecule has 0 radical (unpaired) electrons. The highest BCUT2D eigenvalue weighted by molar-refractivity contribution is 6.38. The van der Waals surface area contributed by atoms with Crippen LogP contribution in [0.1, 0.15) is 13.8 Å². The van der Waals surface area contributed by atoms with E-state index in [-0.39, 0.29) is 13.1 Å². The van der Waals surface area contributed by atoms with Gasteiger partial charge in [-0.2, -0.15) is 0 Å². The molecule has 0 aromatic carbocycles. The number of nitrogens with two attached hydrogens (primary N) is 1. The van der Waals surface area contributed by atoms with Gasteiger partial charge in [-0.15, -0.1) is 0 Å². The summed E-state index contributed by atoms with van der Waals surface area (Å²) in [7, 11) is 0. The van der Waals surface area contributed by atoms with Crippen LogP contribution in [0.15, 0.2) is 0 Å². The highest BCUT2D eigenvalue weighted by Gasteiger charge is 2.37. The van der Waals surface area contributed by atoms with Crippen molar-refractivity contribution >= 4 is 23.8 Å². The Morgan fingerprint density at radius 1 is 1.35 bits per heavy atom.